The summed E-state index contributed by atoms with van der Waals surface area (Å²) >= 11 is 0. The molecule has 0 amide bonds. The lowest BCUT2D eigenvalue weighted by Gasteiger charge is -2.16. The van der Waals surface area contributed by atoms with E-state index in [1.807, 2.05) is 6.20 Å². The van der Waals surface area contributed by atoms with Gasteiger partial charge in [-0.05, 0) is 37.1 Å². The molecule has 1 N–H and O–H groups in total. The molecule has 1 aliphatic carbocycles. The second kappa shape index (κ2) is 3.09. The average molecular weight is 171 g/mol. The van der Waals surface area contributed by atoms with Gasteiger partial charge in [-0.15, -0.1) is 0 Å². The van der Waals surface area contributed by atoms with Gasteiger partial charge in [0.05, 0.1) is 0 Å². The normalized spacial score (nSPS) is 30.6. The number of hydrogen-bond acceptors (Lipinski definition) is 1. The monoisotopic (exact) mass is 171 g/mol. The average Bonchev–Trinajstić information content (AvgIpc) is 2.14. The van der Waals surface area contributed by atoms with Crippen molar-refractivity contribution >= 4 is 0 Å². The SMILES string of the molecule is CC1=C2C=CN/C1=C/C=C(C)\C=C\2. The van der Waals surface area contributed by atoms with Gasteiger partial charge in [0.2, 0.25) is 0 Å². The number of nitrogens with one attached hydrogen (secondary N) is 1. The van der Waals surface area contributed by atoms with Crippen molar-refractivity contribution in [3.05, 3.63) is 59.0 Å². The molecule has 2 aliphatic rings. The molecular formula is C12H13N. The van der Waals surface area contributed by atoms with E-state index in [0.29, 0.717) is 0 Å². The maximum absolute atomic E-state index is 3.23. The fourth-order valence-corrected chi connectivity index (χ4v) is 1.46. The Kier molecular flexibility index (Phi) is 1.93. The van der Waals surface area contributed by atoms with Crippen LogP contribution in [0.5, 0.6) is 0 Å². The highest BCUT2D eigenvalue weighted by Gasteiger charge is 2.07. The van der Waals surface area contributed by atoms with E-state index in [1.165, 1.54) is 22.4 Å². The molecular weight excluding hydrogens is 158 g/mol. The van der Waals surface area contributed by atoms with Crippen LogP contribution in [0.3, 0.4) is 0 Å². The van der Waals surface area contributed by atoms with Crippen LogP contribution >= 0.6 is 0 Å². The Labute approximate surface area is 78.8 Å². The Morgan fingerprint density at radius 2 is 1.85 bits per heavy atom. The van der Waals surface area contributed by atoms with E-state index >= 15 is 0 Å². The van der Waals surface area contributed by atoms with Gasteiger partial charge in [-0.1, -0.05) is 23.8 Å². The largest absolute Gasteiger partial charge is 0.361 e. The zero-order chi connectivity index (χ0) is 9.26. The molecule has 1 nitrogen and oxygen atoms in total. The van der Waals surface area contributed by atoms with Gasteiger partial charge in [-0.3, -0.25) is 0 Å². The van der Waals surface area contributed by atoms with Crippen LogP contribution in [0.1, 0.15) is 13.8 Å². The maximum atomic E-state index is 3.23. The summed E-state index contributed by atoms with van der Waals surface area (Å²) in [6.07, 6.45) is 12.6. The third-order valence-corrected chi connectivity index (χ3v) is 2.38. The number of fused-ring (bicyclic) bond motifs is 1. The molecule has 0 fully saturated rings. The lowest BCUT2D eigenvalue weighted by Crippen LogP contribution is -2.11. The minimum atomic E-state index is 1.20. The van der Waals surface area contributed by atoms with Crippen LogP contribution in [0.2, 0.25) is 0 Å². The highest BCUT2D eigenvalue weighted by Crippen LogP contribution is 2.21. The first-order valence-corrected chi connectivity index (χ1v) is 4.48. The Morgan fingerprint density at radius 3 is 2.69 bits per heavy atom. The first kappa shape index (κ1) is 8.11. The van der Waals surface area contributed by atoms with Crippen molar-refractivity contribution in [2.45, 2.75) is 13.8 Å². The highest BCUT2D eigenvalue weighted by atomic mass is 14.9. The first-order valence-electron chi connectivity index (χ1n) is 4.48. The highest BCUT2D eigenvalue weighted by molar-refractivity contribution is 5.51. The summed E-state index contributed by atoms with van der Waals surface area (Å²) in [4.78, 5) is 0. The van der Waals surface area contributed by atoms with Crippen molar-refractivity contribution in [3.63, 3.8) is 0 Å². The Balaban J connectivity index is 2.52. The van der Waals surface area contributed by atoms with E-state index in [-0.39, 0.29) is 0 Å². The molecule has 0 spiro atoms. The van der Waals surface area contributed by atoms with Crippen molar-refractivity contribution < 1.29 is 0 Å². The summed E-state index contributed by atoms with van der Waals surface area (Å²) in [5.41, 5.74) is 5.07. The summed E-state index contributed by atoms with van der Waals surface area (Å²) in [5, 5.41) is 3.23. The maximum Gasteiger partial charge on any atom is 0.0415 e. The molecule has 0 atom stereocenters. The second-order valence-electron chi connectivity index (χ2n) is 3.38. The molecule has 0 saturated carbocycles. The molecule has 66 valence electrons. The molecule has 1 aliphatic heterocycles. The molecule has 1 heterocycles. The van der Waals surface area contributed by atoms with Crippen LogP contribution in [-0.2, 0) is 0 Å². The van der Waals surface area contributed by atoms with Crippen LogP contribution in [-0.4, -0.2) is 0 Å². The van der Waals surface area contributed by atoms with Gasteiger partial charge in [-0.2, -0.15) is 0 Å². The van der Waals surface area contributed by atoms with Crippen LogP contribution in [0, 0.1) is 0 Å². The lowest BCUT2D eigenvalue weighted by atomic mass is 10.00. The molecule has 0 aromatic heterocycles. The second-order valence-corrected chi connectivity index (χ2v) is 3.38. The molecule has 2 rings (SSSR count). The van der Waals surface area contributed by atoms with Gasteiger partial charge in [0.1, 0.15) is 0 Å². The van der Waals surface area contributed by atoms with E-state index in [9.17, 15) is 0 Å². The van der Waals surface area contributed by atoms with Gasteiger partial charge in [0.25, 0.3) is 0 Å². The number of dihydropyridines is 1. The van der Waals surface area contributed by atoms with Crippen molar-refractivity contribution in [2.24, 2.45) is 0 Å². The van der Waals surface area contributed by atoms with Crippen molar-refractivity contribution in [2.75, 3.05) is 0 Å². The standard InChI is InChI=1S/C12H13N/c1-9-3-5-11-7-8-13-12(6-4-9)10(11)2/h3-8,13H,1-2H3/b5-3+,6-4?,9-3?,9-4-,11-5?,12-6+. The minimum Gasteiger partial charge on any atom is -0.361 e. The molecule has 1 heteroatoms. The Bertz CT molecular complexity index is 376. The summed E-state index contributed by atoms with van der Waals surface area (Å²) in [6.45, 7) is 4.24. The number of allylic oxidation sites excluding steroid dienone is 8. The molecule has 0 saturated heterocycles. The van der Waals surface area contributed by atoms with Crippen molar-refractivity contribution in [1.82, 2.24) is 5.32 Å². The van der Waals surface area contributed by atoms with Crippen LogP contribution in [0.4, 0.5) is 0 Å². The Morgan fingerprint density at radius 1 is 1.00 bits per heavy atom. The van der Waals surface area contributed by atoms with E-state index in [4.69, 9.17) is 0 Å². The van der Waals surface area contributed by atoms with E-state index in [2.05, 4.69) is 49.5 Å². The summed E-state index contributed by atoms with van der Waals surface area (Å²) < 4.78 is 0. The van der Waals surface area contributed by atoms with Crippen molar-refractivity contribution in [1.29, 1.82) is 0 Å². The molecule has 0 aromatic carbocycles. The predicted molar refractivity (Wildman–Crippen MR) is 56.0 cm³/mol. The van der Waals surface area contributed by atoms with Gasteiger partial charge >= 0.3 is 0 Å². The molecule has 13 heavy (non-hydrogen) atoms. The summed E-state index contributed by atoms with van der Waals surface area (Å²) in [6, 6.07) is 0. The summed E-state index contributed by atoms with van der Waals surface area (Å²) in [7, 11) is 0. The van der Waals surface area contributed by atoms with Gasteiger partial charge in [0, 0.05) is 11.9 Å². The molecule has 2 bridgehead atoms. The minimum absolute atomic E-state index is 1.20. The Hall–Kier alpha value is -1.50. The van der Waals surface area contributed by atoms with E-state index in [1.54, 1.807) is 0 Å². The predicted octanol–water partition coefficient (Wildman–Crippen LogP) is 2.82. The first-order chi connectivity index (χ1) is 6.27. The fourth-order valence-electron chi connectivity index (χ4n) is 1.46. The summed E-state index contributed by atoms with van der Waals surface area (Å²) in [5.74, 6) is 0. The van der Waals surface area contributed by atoms with Crippen LogP contribution < -0.4 is 5.32 Å². The quantitative estimate of drug-likeness (QED) is 0.591. The topological polar surface area (TPSA) is 12.0 Å². The number of rotatable bonds is 0. The zero-order valence-electron chi connectivity index (χ0n) is 7.96. The molecule has 0 unspecified atom stereocenters. The number of hydrogen-bond donors (Lipinski definition) is 1. The van der Waals surface area contributed by atoms with E-state index in [0.717, 1.165) is 0 Å². The molecule has 0 aromatic rings. The lowest BCUT2D eigenvalue weighted by molar-refractivity contribution is 1.03. The zero-order valence-corrected chi connectivity index (χ0v) is 7.96. The molecule has 0 radical (unpaired) electrons. The third-order valence-electron chi connectivity index (χ3n) is 2.38. The van der Waals surface area contributed by atoms with Gasteiger partial charge in [0.15, 0.2) is 0 Å². The van der Waals surface area contributed by atoms with Gasteiger partial charge in [-0.25, -0.2) is 0 Å². The van der Waals surface area contributed by atoms with Crippen LogP contribution in [0.15, 0.2) is 59.0 Å². The fraction of sp³-hybridized carbons (Fsp3) is 0.167. The third kappa shape index (κ3) is 1.50. The van der Waals surface area contributed by atoms with Crippen LogP contribution in [0.25, 0.3) is 0 Å². The smallest absolute Gasteiger partial charge is 0.0415 e. The van der Waals surface area contributed by atoms with Gasteiger partial charge < -0.3 is 5.32 Å². The van der Waals surface area contributed by atoms with E-state index < -0.39 is 0 Å². The van der Waals surface area contributed by atoms with Crippen molar-refractivity contribution in [3.8, 4) is 0 Å².